The molecule has 2 rings (SSSR count). The van der Waals surface area contributed by atoms with Gasteiger partial charge in [0.05, 0.1) is 9.95 Å². The van der Waals surface area contributed by atoms with E-state index in [1.54, 1.807) is 0 Å². The number of nitrogens with zero attached hydrogens (tertiary/aromatic N) is 1. The number of halogens is 2. The maximum atomic E-state index is 13.4. The lowest BCUT2D eigenvalue weighted by Crippen LogP contribution is -2.23. The van der Waals surface area contributed by atoms with Crippen LogP contribution in [-0.4, -0.2) is 24.6 Å². The van der Waals surface area contributed by atoms with Crippen LogP contribution >= 0.6 is 11.6 Å². The number of nitro benzene ring substituents is 1. The molecule has 1 aromatic carbocycles. The first kappa shape index (κ1) is 13.8. The van der Waals surface area contributed by atoms with Crippen LogP contribution in [0.1, 0.15) is 6.42 Å². The molecule has 0 aliphatic carbocycles. The molecule has 102 valence electrons. The Labute approximate surface area is 114 Å². The van der Waals surface area contributed by atoms with E-state index in [-0.39, 0.29) is 16.4 Å². The van der Waals surface area contributed by atoms with Gasteiger partial charge in [0.2, 0.25) is 0 Å². The van der Waals surface area contributed by atoms with Crippen LogP contribution in [0.25, 0.3) is 0 Å². The van der Waals surface area contributed by atoms with Gasteiger partial charge in [-0.25, -0.2) is 4.39 Å². The molecule has 0 saturated heterocycles. The van der Waals surface area contributed by atoms with E-state index in [4.69, 9.17) is 11.6 Å². The van der Waals surface area contributed by atoms with E-state index >= 15 is 0 Å². The number of hydrogen-bond donors (Lipinski definition) is 2. The second kappa shape index (κ2) is 5.99. The zero-order valence-corrected chi connectivity index (χ0v) is 10.8. The highest BCUT2D eigenvalue weighted by Crippen LogP contribution is 2.30. The van der Waals surface area contributed by atoms with Gasteiger partial charge in [0.1, 0.15) is 11.5 Å². The summed E-state index contributed by atoms with van der Waals surface area (Å²) >= 11 is 5.55. The van der Waals surface area contributed by atoms with Gasteiger partial charge >= 0.3 is 0 Å². The lowest BCUT2D eigenvalue weighted by atomic mass is 10.1. The fourth-order valence-corrected chi connectivity index (χ4v) is 2.03. The highest BCUT2D eigenvalue weighted by atomic mass is 35.5. The van der Waals surface area contributed by atoms with E-state index in [0.29, 0.717) is 6.54 Å². The Kier molecular flexibility index (Phi) is 4.34. The first-order chi connectivity index (χ1) is 9.08. The van der Waals surface area contributed by atoms with Crippen LogP contribution in [0.15, 0.2) is 23.8 Å². The third-order valence-corrected chi connectivity index (χ3v) is 3.19. The molecular formula is C12H13ClFN3O2. The van der Waals surface area contributed by atoms with Crippen molar-refractivity contribution in [1.82, 2.24) is 5.32 Å². The minimum Gasteiger partial charge on any atom is -0.376 e. The van der Waals surface area contributed by atoms with Crippen molar-refractivity contribution in [2.75, 3.05) is 25.0 Å². The first-order valence-electron chi connectivity index (χ1n) is 5.84. The van der Waals surface area contributed by atoms with Crippen molar-refractivity contribution >= 4 is 23.0 Å². The Bertz CT molecular complexity index is 534. The van der Waals surface area contributed by atoms with E-state index in [1.807, 2.05) is 6.08 Å². The van der Waals surface area contributed by atoms with Crippen LogP contribution in [0.2, 0.25) is 5.02 Å². The van der Waals surface area contributed by atoms with Crippen LogP contribution in [0.3, 0.4) is 0 Å². The summed E-state index contributed by atoms with van der Waals surface area (Å²) in [5.41, 5.74) is 1.07. The smallest absolute Gasteiger partial charge is 0.294 e. The zero-order valence-electron chi connectivity index (χ0n) is 10.1. The molecule has 1 aromatic rings. The maximum absolute atomic E-state index is 13.4. The molecule has 0 amide bonds. The van der Waals surface area contributed by atoms with Crippen LogP contribution in [0, 0.1) is 15.9 Å². The summed E-state index contributed by atoms with van der Waals surface area (Å²) in [6.07, 6.45) is 2.89. The second-order valence-electron chi connectivity index (χ2n) is 4.21. The minimum atomic E-state index is -0.672. The molecule has 1 aliphatic heterocycles. The lowest BCUT2D eigenvalue weighted by molar-refractivity contribution is -0.384. The fourth-order valence-electron chi connectivity index (χ4n) is 1.87. The van der Waals surface area contributed by atoms with Crippen LogP contribution in [-0.2, 0) is 0 Å². The Morgan fingerprint density at radius 3 is 2.95 bits per heavy atom. The zero-order chi connectivity index (χ0) is 13.8. The molecule has 0 spiro atoms. The van der Waals surface area contributed by atoms with Gasteiger partial charge in [-0.15, -0.1) is 0 Å². The second-order valence-corrected chi connectivity index (χ2v) is 4.62. The molecule has 0 saturated carbocycles. The van der Waals surface area contributed by atoms with Crippen molar-refractivity contribution in [2.24, 2.45) is 0 Å². The summed E-state index contributed by atoms with van der Waals surface area (Å²) < 4.78 is 13.4. The molecule has 5 nitrogen and oxygen atoms in total. The van der Waals surface area contributed by atoms with Crippen molar-refractivity contribution in [3.63, 3.8) is 0 Å². The maximum Gasteiger partial charge on any atom is 0.294 e. The van der Waals surface area contributed by atoms with Crippen molar-refractivity contribution < 1.29 is 9.31 Å². The summed E-state index contributed by atoms with van der Waals surface area (Å²) in [6.45, 7) is 2.13. The van der Waals surface area contributed by atoms with Crippen molar-refractivity contribution in [3.8, 4) is 0 Å². The standard InChI is InChI=1S/C12H13ClFN3O2/c13-9-5-12(17(18)19)11(6-10(9)14)16-7-8-1-3-15-4-2-8/h1,5-6,15-16H,2-4,7H2. The van der Waals surface area contributed by atoms with Gasteiger partial charge in [-0.3, -0.25) is 10.1 Å². The Balaban J connectivity index is 2.16. The highest BCUT2D eigenvalue weighted by Gasteiger charge is 2.17. The third kappa shape index (κ3) is 3.42. The van der Waals surface area contributed by atoms with Crippen LogP contribution < -0.4 is 10.6 Å². The molecule has 2 N–H and O–H groups in total. The molecule has 1 heterocycles. The van der Waals surface area contributed by atoms with Crippen molar-refractivity contribution in [3.05, 3.63) is 44.7 Å². The lowest BCUT2D eigenvalue weighted by Gasteiger charge is -2.15. The average Bonchev–Trinajstić information content (AvgIpc) is 2.40. The summed E-state index contributed by atoms with van der Waals surface area (Å²) in [6, 6.07) is 2.08. The summed E-state index contributed by atoms with van der Waals surface area (Å²) in [4.78, 5) is 10.3. The molecule has 0 atom stereocenters. The number of hydrogen-bond acceptors (Lipinski definition) is 4. The van der Waals surface area contributed by atoms with E-state index < -0.39 is 10.7 Å². The molecule has 0 radical (unpaired) electrons. The van der Waals surface area contributed by atoms with Crippen molar-refractivity contribution in [1.29, 1.82) is 0 Å². The molecule has 0 bridgehead atoms. The Morgan fingerprint density at radius 1 is 1.53 bits per heavy atom. The number of nitrogens with one attached hydrogen (secondary N) is 2. The van der Waals surface area contributed by atoms with Gasteiger partial charge in [0.25, 0.3) is 5.69 Å². The Morgan fingerprint density at radius 2 is 2.32 bits per heavy atom. The molecule has 0 unspecified atom stereocenters. The SMILES string of the molecule is O=[N+]([O-])c1cc(Cl)c(F)cc1NCC1=CCNCC1. The molecule has 0 fully saturated rings. The topological polar surface area (TPSA) is 67.2 Å². The third-order valence-electron chi connectivity index (χ3n) is 2.90. The van der Waals surface area contributed by atoms with Crippen molar-refractivity contribution in [2.45, 2.75) is 6.42 Å². The molecular weight excluding hydrogens is 273 g/mol. The average molecular weight is 286 g/mol. The predicted molar refractivity (Wildman–Crippen MR) is 72.1 cm³/mol. The molecule has 1 aliphatic rings. The monoisotopic (exact) mass is 285 g/mol. The molecule has 0 aromatic heterocycles. The molecule has 19 heavy (non-hydrogen) atoms. The largest absolute Gasteiger partial charge is 0.376 e. The number of rotatable bonds is 4. The predicted octanol–water partition coefficient (Wildman–Crippen LogP) is 2.72. The van der Waals surface area contributed by atoms with E-state index in [0.717, 1.165) is 37.2 Å². The van der Waals surface area contributed by atoms with Gasteiger partial charge in [0, 0.05) is 25.2 Å². The van der Waals surface area contributed by atoms with Crippen LogP contribution in [0.4, 0.5) is 15.8 Å². The quantitative estimate of drug-likeness (QED) is 0.507. The van der Waals surface area contributed by atoms with Gasteiger partial charge in [-0.05, 0) is 13.0 Å². The summed E-state index contributed by atoms with van der Waals surface area (Å²) in [5.74, 6) is -0.672. The summed E-state index contributed by atoms with van der Waals surface area (Å²) in [5, 5.41) is 16.7. The summed E-state index contributed by atoms with van der Waals surface area (Å²) in [7, 11) is 0. The van der Waals surface area contributed by atoms with Gasteiger partial charge in [-0.2, -0.15) is 0 Å². The Hall–Kier alpha value is -1.66. The minimum absolute atomic E-state index is 0.145. The van der Waals surface area contributed by atoms with Crippen LogP contribution in [0.5, 0.6) is 0 Å². The number of anilines is 1. The van der Waals surface area contributed by atoms with E-state index in [1.165, 1.54) is 0 Å². The van der Waals surface area contributed by atoms with Gasteiger partial charge in [0.15, 0.2) is 0 Å². The van der Waals surface area contributed by atoms with E-state index in [2.05, 4.69) is 10.6 Å². The number of nitro groups is 1. The number of benzene rings is 1. The normalized spacial score (nSPS) is 14.9. The van der Waals surface area contributed by atoms with Gasteiger partial charge < -0.3 is 10.6 Å². The highest BCUT2D eigenvalue weighted by molar-refractivity contribution is 6.31. The van der Waals surface area contributed by atoms with E-state index in [9.17, 15) is 14.5 Å². The van der Waals surface area contributed by atoms with Gasteiger partial charge in [-0.1, -0.05) is 23.3 Å². The molecule has 7 heteroatoms. The first-order valence-corrected chi connectivity index (χ1v) is 6.21. The fraction of sp³-hybridized carbons (Fsp3) is 0.333.